The largest absolute Gasteiger partial charge is 0.507 e. The highest BCUT2D eigenvalue weighted by molar-refractivity contribution is 6.00. The normalized spacial score (nSPS) is 15.4. The van der Waals surface area contributed by atoms with Crippen molar-refractivity contribution in [1.29, 1.82) is 0 Å². The van der Waals surface area contributed by atoms with Crippen molar-refractivity contribution in [2.24, 2.45) is 0 Å². The lowest BCUT2D eigenvalue weighted by atomic mass is 9.95. The number of aryl methyl sites for hydroxylation is 1. The van der Waals surface area contributed by atoms with Gasteiger partial charge in [-0.15, -0.1) is 6.58 Å². The van der Waals surface area contributed by atoms with Crippen molar-refractivity contribution in [3.05, 3.63) is 77.5 Å². The highest BCUT2D eigenvalue weighted by Gasteiger charge is 2.42. The zero-order chi connectivity index (χ0) is 20.5. The predicted octanol–water partition coefficient (Wildman–Crippen LogP) is 4.22. The Labute approximate surface area is 169 Å². The number of carbonyl (C=O) groups excluding carboxylic acids is 1. The van der Waals surface area contributed by atoms with Crippen LogP contribution < -0.4 is 4.74 Å². The molecule has 148 valence electrons. The SMILES string of the molecule is C=CCN1C(=O)c2[nH]nc(-c3cc(C)ccc3O)c2C1c1ccc(OCC)cc1. The van der Waals surface area contributed by atoms with Crippen molar-refractivity contribution < 1.29 is 14.6 Å². The minimum absolute atomic E-state index is 0.130. The number of ether oxygens (including phenoxy) is 1. The van der Waals surface area contributed by atoms with Crippen LogP contribution >= 0.6 is 0 Å². The van der Waals surface area contributed by atoms with Crippen molar-refractivity contribution in [1.82, 2.24) is 15.1 Å². The molecule has 0 aliphatic carbocycles. The third-order valence-electron chi connectivity index (χ3n) is 5.10. The van der Waals surface area contributed by atoms with E-state index >= 15 is 0 Å². The number of fused-ring (bicyclic) bond motifs is 1. The zero-order valence-corrected chi connectivity index (χ0v) is 16.5. The number of nitrogens with zero attached hydrogens (tertiary/aromatic N) is 2. The molecule has 6 nitrogen and oxygen atoms in total. The summed E-state index contributed by atoms with van der Waals surface area (Å²) in [7, 11) is 0. The van der Waals surface area contributed by atoms with Gasteiger partial charge in [0.05, 0.1) is 12.6 Å². The topological polar surface area (TPSA) is 78.5 Å². The van der Waals surface area contributed by atoms with Gasteiger partial charge in [0.15, 0.2) is 0 Å². The number of hydrogen-bond acceptors (Lipinski definition) is 4. The Kier molecular flexibility index (Phi) is 4.84. The van der Waals surface area contributed by atoms with Crippen molar-refractivity contribution in [3.8, 4) is 22.8 Å². The molecular weight excluding hydrogens is 366 g/mol. The molecule has 2 N–H and O–H groups in total. The van der Waals surface area contributed by atoms with Gasteiger partial charge in [-0.05, 0) is 43.7 Å². The third kappa shape index (κ3) is 3.16. The number of rotatable bonds is 6. The number of nitrogens with one attached hydrogen (secondary N) is 1. The number of phenolic OH excluding ortho intramolecular Hbond substituents is 1. The van der Waals surface area contributed by atoms with Gasteiger partial charge in [0.25, 0.3) is 5.91 Å². The number of aromatic amines is 1. The molecule has 2 heterocycles. The highest BCUT2D eigenvalue weighted by atomic mass is 16.5. The number of aromatic nitrogens is 2. The number of phenols is 1. The van der Waals surface area contributed by atoms with Gasteiger partial charge >= 0.3 is 0 Å². The van der Waals surface area contributed by atoms with E-state index in [2.05, 4.69) is 16.8 Å². The lowest BCUT2D eigenvalue weighted by molar-refractivity contribution is 0.0764. The fourth-order valence-electron chi connectivity index (χ4n) is 3.83. The summed E-state index contributed by atoms with van der Waals surface area (Å²) >= 11 is 0. The van der Waals surface area contributed by atoms with Crippen LogP contribution in [0.4, 0.5) is 0 Å². The molecule has 29 heavy (non-hydrogen) atoms. The van der Waals surface area contributed by atoms with Crippen molar-refractivity contribution in [2.45, 2.75) is 19.9 Å². The summed E-state index contributed by atoms with van der Waals surface area (Å²) in [6.45, 7) is 8.68. The molecule has 0 spiro atoms. The molecule has 6 heteroatoms. The van der Waals surface area contributed by atoms with Crippen LogP contribution in [0.5, 0.6) is 11.5 Å². The second-order valence-electron chi connectivity index (χ2n) is 7.03. The first kappa shape index (κ1) is 18.8. The molecule has 0 bridgehead atoms. The standard InChI is InChI=1S/C23H23N3O3/c1-4-12-26-22(15-7-9-16(10-8-15)29-5-2)19-20(24-25-21(19)23(26)28)17-13-14(3)6-11-18(17)27/h4,6-11,13,22,27H,1,5,12H2,2-3H3,(H,24,25). The van der Waals surface area contributed by atoms with Gasteiger partial charge in [-0.2, -0.15) is 5.10 Å². The van der Waals surface area contributed by atoms with E-state index in [1.54, 1.807) is 17.0 Å². The minimum Gasteiger partial charge on any atom is -0.507 e. The smallest absolute Gasteiger partial charge is 0.273 e. The molecule has 4 rings (SSSR count). The zero-order valence-electron chi connectivity index (χ0n) is 16.5. The maximum atomic E-state index is 13.1. The van der Waals surface area contributed by atoms with Crippen molar-refractivity contribution >= 4 is 5.91 Å². The Morgan fingerprint density at radius 1 is 1.28 bits per heavy atom. The van der Waals surface area contributed by atoms with Crippen LogP contribution in [0.2, 0.25) is 0 Å². The van der Waals surface area contributed by atoms with E-state index in [0.717, 1.165) is 22.4 Å². The van der Waals surface area contributed by atoms with Crippen LogP contribution in [-0.2, 0) is 0 Å². The molecule has 2 aromatic carbocycles. The molecule has 0 saturated carbocycles. The molecule has 0 fully saturated rings. The number of amides is 1. The van der Waals surface area contributed by atoms with Crippen LogP contribution in [-0.4, -0.2) is 39.3 Å². The average Bonchev–Trinajstić information content (AvgIpc) is 3.25. The Balaban J connectivity index is 1.87. The average molecular weight is 389 g/mol. The molecule has 0 saturated heterocycles. The van der Waals surface area contributed by atoms with Crippen molar-refractivity contribution in [3.63, 3.8) is 0 Å². The lowest BCUT2D eigenvalue weighted by Gasteiger charge is -2.25. The molecule has 1 atom stereocenters. The fraction of sp³-hybridized carbons (Fsp3) is 0.217. The summed E-state index contributed by atoms with van der Waals surface area (Å²) in [6, 6.07) is 12.7. The van der Waals surface area contributed by atoms with Gasteiger partial charge in [0, 0.05) is 17.7 Å². The van der Waals surface area contributed by atoms with E-state index in [-0.39, 0.29) is 17.7 Å². The number of H-pyrrole nitrogens is 1. The van der Waals surface area contributed by atoms with Gasteiger partial charge in [0.2, 0.25) is 0 Å². The number of carbonyl (C=O) groups is 1. The van der Waals surface area contributed by atoms with E-state index in [9.17, 15) is 9.90 Å². The maximum absolute atomic E-state index is 13.1. The molecular formula is C23H23N3O3. The van der Waals surface area contributed by atoms with Gasteiger partial charge in [0.1, 0.15) is 22.9 Å². The first-order valence-electron chi connectivity index (χ1n) is 9.58. The number of aromatic hydroxyl groups is 1. The fourth-order valence-corrected chi connectivity index (χ4v) is 3.83. The van der Waals surface area contributed by atoms with E-state index < -0.39 is 0 Å². The second-order valence-corrected chi connectivity index (χ2v) is 7.03. The first-order chi connectivity index (χ1) is 14.0. The summed E-state index contributed by atoms with van der Waals surface area (Å²) in [5, 5.41) is 17.7. The number of hydrogen-bond donors (Lipinski definition) is 2. The Hall–Kier alpha value is -3.54. The van der Waals surface area contributed by atoms with Crippen molar-refractivity contribution in [2.75, 3.05) is 13.2 Å². The van der Waals surface area contributed by atoms with Gasteiger partial charge in [-0.3, -0.25) is 9.89 Å². The Bertz CT molecular complexity index is 1070. The van der Waals surface area contributed by atoms with Crippen LogP contribution in [0, 0.1) is 6.92 Å². The van der Waals surface area contributed by atoms with Crippen LogP contribution in [0.25, 0.3) is 11.3 Å². The summed E-state index contributed by atoms with van der Waals surface area (Å²) in [5.41, 5.74) is 4.34. The van der Waals surface area contributed by atoms with E-state index in [4.69, 9.17) is 4.74 Å². The third-order valence-corrected chi connectivity index (χ3v) is 5.10. The van der Waals surface area contributed by atoms with E-state index in [1.807, 2.05) is 50.2 Å². The van der Waals surface area contributed by atoms with Crippen LogP contribution in [0.1, 0.15) is 40.1 Å². The van der Waals surface area contributed by atoms with Gasteiger partial charge in [-0.25, -0.2) is 0 Å². The minimum atomic E-state index is -0.333. The summed E-state index contributed by atoms with van der Waals surface area (Å²) in [4.78, 5) is 14.8. The van der Waals surface area contributed by atoms with Gasteiger partial charge < -0.3 is 14.7 Å². The molecule has 1 unspecified atom stereocenters. The molecule has 3 aromatic rings. The molecule has 1 aliphatic heterocycles. The Morgan fingerprint density at radius 3 is 2.72 bits per heavy atom. The lowest BCUT2D eigenvalue weighted by Crippen LogP contribution is -2.29. The maximum Gasteiger partial charge on any atom is 0.273 e. The Morgan fingerprint density at radius 2 is 2.03 bits per heavy atom. The summed E-state index contributed by atoms with van der Waals surface area (Å²) < 4.78 is 5.55. The second kappa shape index (κ2) is 7.47. The number of benzene rings is 2. The highest BCUT2D eigenvalue weighted by Crippen LogP contribution is 2.44. The summed E-state index contributed by atoms with van der Waals surface area (Å²) in [5.74, 6) is 0.773. The van der Waals surface area contributed by atoms with Gasteiger partial charge in [-0.1, -0.05) is 29.8 Å². The molecule has 0 radical (unpaired) electrons. The first-order valence-corrected chi connectivity index (χ1v) is 9.58. The van der Waals surface area contributed by atoms with E-state index in [0.29, 0.717) is 30.1 Å². The molecule has 1 amide bonds. The summed E-state index contributed by atoms with van der Waals surface area (Å²) in [6.07, 6.45) is 1.71. The quantitative estimate of drug-likeness (QED) is 0.619. The predicted molar refractivity (Wildman–Crippen MR) is 111 cm³/mol. The molecule has 1 aromatic heterocycles. The van der Waals surface area contributed by atoms with E-state index in [1.165, 1.54) is 0 Å². The monoisotopic (exact) mass is 389 g/mol. The molecule has 1 aliphatic rings. The van der Waals surface area contributed by atoms with Crippen LogP contribution in [0.15, 0.2) is 55.1 Å². The van der Waals surface area contributed by atoms with Crippen LogP contribution in [0.3, 0.4) is 0 Å².